The molecule has 1 amide bonds. The number of nitrogen functional groups attached to an aromatic ring is 1. The minimum Gasteiger partial charge on any atom is -0.399 e. The number of thiazole rings is 1. The van der Waals surface area contributed by atoms with Crippen LogP contribution in [-0.4, -0.2) is 10.9 Å². The van der Waals surface area contributed by atoms with E-state index in [0.717, 1.165) is 15.8 Å². The number of nitrogens with zero attached hydrogens (tertiary/aromatic N) is 1. The predicted octanol–water partition coefficient (Wildman–Crippen LogP) is 3.75. The summed E-state index contributed by atoms with van der Waals surface area (Å²) >= 11 is 1.48. The Hall–Kier alpha value is -2.40. The maximum Gasteiger partial charge on any atom is 0.257 e. The van der Waals surface area contributed by atoms with E-state index < -0.39 is 0 Å². The Morgan fingerprint density at radius 3 is 2.76 bits per heavy atom. The smallest absolute Gasteiger partial charge is 0.257 e. The Kier molecular flexibility index (Phi) is 3.35. The second-order valence-electron chi connectivity index (χ2n) is 5.02. The molecule has 3 N–H and O–H groups in total. The van der Waals surface area contributed by atoms with Crippen LogP contribution in [-0.2, 0) is 0 Å². The fourth-order valence-corrected chi connectivity index (χ4v) is 3.15. The molecule has 21 heavy (non-hydrogen) atoms. The number of fused-ring (bicyclic) bond motifs is 1. The van der Waals surface area contributed by atoms with Gasteiger partial charge < -0.3 is 5.73 Å². The van der Waals surface area contributed by atoms with Crippen molar-refractivity contribution in [3.05, 3.63) is 53.1 Å². The van der Waals surface area contributed by atoms with Gasteiger partial charge in [-0.05, 0) is 55.3 Å². The lowest BCUT2D eigenvalue weighted by molar-refractivity contribution is 0.102. The number of aryl methyl sites for hydroxylation is 2. The van der Waals surface area contributed by atoms with E-state index in [2.05, 4.69) is 16.4 Å². The van der Waals surface area contributed by atoms with E-state index in [-0.39, 0.29) is 5.91 Å². The van der Waals surface area contributed by atoms with Gasteiger partial charge in [-0.1, -0.05) is 17.4 Å². The van der Waals surface area contributed by atoms with E-state index in [1.807, 2.05) is 26.0 Å². The molecule has 0 saturated carbocycles. The summed E-state index contributed by atoms with van der Waals surface area (Å²) in [5.41, 5.74) is 9.89. The van der Waals surface area contributed by atoms with E-state index in [1.54, 1.807) is 18.2 Å². The van der Waals surface area contributed by atoms with Crippen molar-refractivity contribution in [2.24, 2.45) is 0 Å². The van der Waals surface area contributed by atoms with E-state index in [0.29, 0.717) is 16.4 Å². The lowest BCUT2D eigenvalue weighted by Gasteiger charge is -2.05. The van der Waals surface area contributed by atoms with Gasteiger partial charge in [0.05, 0.1) is 10.2 Å². The van der Waals surface area contributed by atoms with Crippen LogP contribution in [0.5, 0.6) is 0 Å². The highest BCUT2D eigenvalue weighted by Gasteiger charge is 2.12. The van der Waals surface area contributed by atoms with Crippen LogP contribution in [0, 0.1) is 13.8 Å². The summed E-state index contributed by atoms with van der Waals surface area (Å²) in [6.07, 6.45) is 0. The predicted molar refractivity (Wildman–Crippen MR) is 87.9 cm³/mol. The molecule has 0 radical (unpaired) electrons. The third-order valence-electron chi connectivity index (χ3n) is 3.26. The topological polar surface area (TPSA) is 68.0 Å². The Bertz CT molecular complexity index is 839. The number of nitrogens with one attached hydrogen (secondary N) is 1. The third-order valence-corrected chi connectivity index (χ3v) is 4.19. The molecule has 3 aromatic rings. The maximum atomic E-state index is 12.3. The SMILES string of the molecule is Cc1ccc2nc(NC(=O)c3ccc(N)cc3C)sc2c1. The second kappa shape index (κ2) is 5.18. The molecule has 1 aromatic heterocycles. The van der Waals surface area contributed by atoms with Crippen molar-refractivity contribution < 1.29 is 4.79 Å². The van der Waals surface area contributed by atoms with Crippen LogP contribution in [0.25, 0.3) is 10.2 Å². The highest BCUT2D eigenvalue weighted by atomic mass is 32.1. The fraction of sp³-hybridized carbons (Fsp3) is 0.125. The van der Waals surface area contributed by atoms with Crippen LogP contribution in [0.15, 0.2) is 36.4 Å². The molecule has 0 aliphatic heterocycles. The lowest BCUT2D eigenvalue weighted by atomic mass is 10.1. The normalized spacial score (nSPS) is 10.8. The highest BCUT2D eigenvalue weighted by Crippen LogP contribution is 2.27. The first-order chi connectivity index (χ1) is 10.0. The van der Waals surface area contributed by atoms with Crippen LogP contribution in [0.4, 0.5) is 10.8 Å². The first-order valence-electron chi connectivity index (χ1n) is 6.57. The van der Waals surface area contributed by atoms with E-state index >= 15 is 0 Å². The number of amides is 1. The highest BCUT2D eigenvalue weighted by molar-refractivity contribution is 7.22. The van der Waals surface area contributed by atoms with Gasteiger partial charge in [-0.2, -0.15) is 0 Å². The molecule has 3 rings (SSSR count). The zero-order valence-electron chi connectivity index (χ0n) is 11.8. The van der Waals surface area contributed by atoms with Gasteiger partial charge in [0.1, 0.15) is 0 Å². The van der Waals surface area contributed by atoms with Crippen molar-refractivity contribution in [2.45, 2.75) is 13.8 Å². The van der Waals surface area contributed by atoms with Gasteiger partial charge in [0.15, 0.2) is 5.13 Å². The molecule has 0 bridgehead atoms. The number of hydrogen-bond donors (Lipinski definition) is 2. The number of anilines is 2. The third kappa shape index (κ3) is 2.73. The van der Waals surface area contributed by atoms with Gasteiger partial charge in [-0.25, -0.2) is 4.98 Å². The van der Waals surface area contributed by atoms with Crippen molar-refractivity contribution in [1.82, 2.24) is 4.98 Å². The van der Waals surface area contributed by atoms with Gasteiger partial charge in [-0.15, -0.1) is 0 Å². The van der Waals surface area contributed by atoms with Gasteiger partial charge in [0.25, 0.3) is 5.91 Å². The summed E-state index contributed by atoms with van der Waals surface area (Å²) in [5.74, 6) is -0.164. The molecule has 0 saturated heterocycles. The largest absolute Gasteiger partial charge is 0.399 e. The van der Waals surface area contributed by atoms with Crippen LogP contribution in [0.3, 0.4) is 0 Å². The first-order valence-corrected chi connectivity index (χ1v) is 7.39. The number of aromatic nitrogens is 1. The molecule has 0 atom stereocenters. The lowest BCUT2D eigenvalue weighted by Crippen LogP contribution is -2.13. The average molecular weight is 297 g/mol. The summed E-state index contributed by atoms with van der Waals surface area (Å²) in [6, 6.07) is 11.3. The maximum absolute atomic E-state index is 12.3. The second-order valence-corrected chi connectivity index (χ2v) is 6.05. The van der Waals surface area contributed by atoms with E-state index in [4.69, 9.17) is 5.73 Å². The Labute approximate surface area is 126 Å². The minimum absolute atomic E-state index is 0.164. The molecule has 0 aliphatic carbocycles. The molecule has 0 unspecified atom stereocenters. The van der Waals surface area contributed by atoms with Crippen LogP contribution < -0.4 is 11.1 Å². The Balaban J connectivity index is 1.89. The zero-order valence-corrected chi connectivity index (χ0v) is 12.6. The molecule has 106 valence electrons. The minimum atomic E-state index is -0.164. The van der Waals surface area contributed by atoms with Crippen molar-refractivity contribution >= 4 is 38.3 Å². The molecule has 5 heteroatoms. The first kappa shape index (κ1) is 13.6. The van der Waals surface area contributed by atoms with Gasteiger partial charge >= 0.3 is 0 Å². The summed E-state index contributed by atoms with van der Waals surface area (Å²) in [6.45, 7) is 3.90. The number of benzene rings is 2. The van der Waals surface area contributed by atoms with E-state index in [1.165, 1.54) is 16.9 Å². The Morgan fingerprint density at radius 2 is 2.00 bits per heavy atom. The molecule has 0 aliphatic rings. The van der Waals surface area contributed by atoms with Gasteiger partial charge in [-0.3, -0.25) is 10.1 Å². The molecule has 4 nitrogen and oxygen atoms in total. The molecular weight excluding hydrogens is 282 g/mol. The molecule has 0 spiro atoms. The summed E-state index contributed by atoms with van der Waals surface area (Å²) in [4.78, 5) is 16.7. The summed E-state index contributed by atoms with van der Waals surface area (Å²) < 4.78 is 1.07. The van der Waals surface area contributed by atoms with Crippen molar-refractivity contribution in [3.63, 3.8) is 0 Å². The summed E-state index contributed by atoms with van der Waals surface area (Å²) in [5, 5.41) is 3.46. The molecule has 2 aromatic carbocycles. The fourth-order valence-electron chi connectivity index (χ4n) is 2.19. The number of hydrogen-bond acceptors (Lipinski definition) is 4. The van der Waals surface area contributed by atoms with Crippen molar-refractivity contribution in [3.8, 4) is 0 Å². The summed E-state index contributed by atoms with van der Waals surface area (Å²) in [7, 11) is 0. The van der Waals surface area contributed by atoms with Crippen LogP contribution >= 0.6 is 11.3 Å². The number of carbonyl (C=O) groups excluding carboxylic acids is 1. The molecule has 1 heterocycles. The van der Waals surface area contributed by atoms with E-state index in [9.17, 15) is 4.79 Å². The monoisotopic (exact) mass is 297 g/mol. The number of rotatable bonds is 2. The molecule has 0 fully saturated rings. The van der Waals surface area contributed by atoms with Crippen molar-refractivity contribution in [1.29, 1.82) is 0 Å². The van der Waals surface area contributed by atoms with Gasteiger partial charge in [0, 0.05) is 11.3 Å². The standard InChI is InChI=1S/C16H15N3OS/c1-9-3-6-13-14(7-9)21-16(18-13)19-15(20)12-5-4-11(17)8-10(12)2/h3-8H,17H2,1-2H3,(H,18,19,20). The van der Waals surface area contributed by atoms with Crippen LogP contribution in [0.1, 0.15) is 21.5 Å². The van der Waals surface area contributed by atoms with Crippen molar-refractivity contribution in [2.75, 3.05) is 11.1 Å². The number of carbonyl (C=O) groups is 1. The Morgan fingerprint density at radius 1 is 1.19 bits per heavy atom. The average Bonchev–Trinajstić information content (AvgIpc) is 2.79. The number of nitrogens with two attached hydrogens (primary N) is 1. The van der Waals surface area contributed by atoms with Crippen LogP contribution in [0.2, 0.25) is 0 Å². The zero-order chi connectivity index (χ0) is 15.0. The van der Waals surface area contributed by atoms with Gasteiger partial charge in [0.2, 0.25) is 0 Å². The molecular formula is C16H15N3OS. The quantitative estimate of drug-likeness (QED) is 0.708.